The average molecular weight is 445 g/mol. The fourth-order valence-electron chi connectivity index (χ4n) is 4.09. The van der Waals surface area contributed by atoms with Gasteiger partial charge in [-0.25, -0.2) is 13.8 Å². The smallest absolute Gasteiger partial charge is 0.267 e. The van der Waals surface area contributed by atoms with E-state index in [1.807, 2.05) is 31.2 Å². The number of para-hydroxylation sites is 2. The van der Waals surface area contributed by atoms with Crippen molar-refractivity contribution in [1.29, 1.82) is 0 Å². The number of nitrogens with zero attached hydrogens (tertiary/aromatic N) is 2. The van der Waals surface area contributed by atoms with Crippen LogP contribution >= 0.6 is 11.3 Å². The van der Waals surface area contributed by atoms with Gasteiger partial charge in [-0.15, -0.1) is 11.3 Å². The number of rotatable bonds is 5. The van der Waals surface area contributed by atoms with Crippen LogP contribution in [0.15, 0.2) is 36.4 Å². The SMILES string of the molecule is CC(NC(=O)[C@H]1C[C@@H]1c1nc2ccccc2[nH]1)c1ccc(C(=O)N2CCC(F)(F)C2)s1. The second kappa shape index (κ2) is 7.40. The number of hydrogen-bond donors (Lipinski definition) is 2. The summed E-state index contributed by atoms with van der Waals surface area (Å²) < 4.78 is 26.8. The lowest BCUT2D eigenvalue weighted by Gasteiger charge is -2.15. The second-order valence-corrected chi connectivity index (χ2v) is 9.47. The summed E-state index contributed by atoms with van der Waals surface area (Å²) in [7, 11) is 0. The molecule has 0 spiro atoms. The van der Waals surface area contributed by atoms with Crippen molar-refractivity contribution in [2.24, 2.45) is 5.92 Å². The van der Waals surface area contributed by atoms with Crippen LogP contribution in [0.4, 0.5) is 8.78 Å². The van der Waals surface area contributed by atoms with E-state index in [1.54, 1.807) is 12.1 Å². The van der Waals surface area contributed by atoms with Gasteiger partial charge in [0.25, 0.3) is 11.8 Å². The summed E-state index contributed by atoms with van der Waals surface area (Å²) in [5.74, 6) is -2.44. The number of H-pyrrole nitrogens is 1. The minimum absolute atomic E-state index is 0.0431. The van der Waals surface area contributed by atoms with Gasteiger partial charge >= 0.3 is 0 Å². The molecule has 9 heteroatoms. The lowest BCUT2D eigenvalue weighted by atomic mass is 10.2. The second-order valence-electron chi connectivity index (χ2n) is 8.35. The standard InChI is InChI=1S/C22H22F2N4O2S/c1-12(17-6-7-18(31-17)21(30)28-9-8-22(23,24)11-28)25-20(29)14-10-13(14)19-26-15-4-2-3-5-16(15)27-19/h2-7,12-14H,8-11H2,1H3,(H,25,29)(H,26,27)/t12?,13-,14-/m0/s1. The maximum atomic E-state index is 13.4. The molecule has 1 saturated carbocycles. The van der Waals surface area contributed by atoms with Crippen LogP contribution in [0.25, 0.3) is 11.0 Å². The molecule has 2 fully saturated rings. The van der Waals surface area contributed by atoms with Gasteiger partial charge in [0.2, 0.25) is 5.91 Å². The lowest BCUT2D eigenvalue weighted by Crippen LogP contribution is -2.30. The number of thiophene rings is 1. The van der Waals surface area contributed by atoms with Gasteiger partial charge < -0.3 is 15.2 Å². The fourth-order valence-corrected chi connectivity index (χ4v) is 5.07. The first-order valence-electron chi connectivity index (χ1n) is 10.3. The van der Waals surface area contributed by atoms with E-state index in [0.29, 0.717) is 4.88 Å². The Hall–Kier alpha value is -2.81. The first-order valence-corrected chi connectivity index (χ1v) is 11.1. The molecular formula is C22H22F2N4O2S. The zero-order valence-corrected chi connectivity index (χ0v) is 17.7. The van der Waals surface area contributed by atoms with Crippen molar-refractivity contribution in [3.63, 3.8) is 0 Å². The Morgan fingerprint density at radius 1 is 1.29 bits per heavy atom. The van der Waals surface area contributed by atoms with E-state index in [1.165, 1.54) is 16.2 Å². The Labute approximate surface area is 181 Å². The van der Waals surface area contributed by atoms with E-state index >= 15 is 0 Å². The van der Waals surface area contributed by atoms with E-state index in [4.69, 9.17) is 0 Å². The molecule has 2 aromatic heterocycles. The molecule has 2 aliphatic rings. The van der Waals surface area contributed by atoms with Gasteiger partial charge in [0.05, 0.1) is 28.5 Å². The normalized spacial score (nSPS) is 23.1. The number of amides is 2. The number of likely N-dealkylation sites (tertiary alicyclic amines) is 1. The molecule has 5 rings (SSSR count). The molecular weight excluding hydrogens is 422 g/mol. The number of carbonyl (C=O) groups excluding carboxylic acids is 2. The molecule has 1 aromatic carbocycles. The third-order valence-electron chi connectivity index (χ3n) is 5.97. The van der Waals surface area contributed by atoms with E-state index in [-0.39, 0.29) is 42.7 Å². The quantitative estimate of drug-likeness (QED) is 0.622. The molecule has 162 valence electrons. The Balaban J connectivity index is 1.19. The van der Waals surface area contributed by atoms with Crippen molar-refractivity contribution >= 4 is 34.2 Å². The molecule has 0 bridgehead atoms. The highest BCUT2D eigenvalue weighted by atomic mass is 32.1. The monoisotopic (exact) mass is 444 g/mol. The van der Waals surface area contributed by atoms with Crippen molar-refractivity contribution in [2.75, 3.05) is 13.1 Å². The zero-order chi connectivity index (χ0) is 21.8. The molecule has 1 saturated heterocycles. The number of imidazole rings is 1. The fraction of sp³-hybridized carbons (Fsp3) is 0.409. The van der Waals surface area contributed by atoms with Crippen LogP contribution in [-0.4, -0.2) is 45.7 Å². The number of alkyl halides is 2. The lowest BCUT2D eigenvalue weighted by molar-refractivity contribution is -0.123. The number of halogens is 2. The number of fused-ring (bicyclic) bond motifs is 1. The number of hydrogen-bond acceptors (Lipinski definition) is 4. The molecule has 1 aliphatic carbocycles. The molecule has 6 nitrogen and oxygen atoms in total. The van der Waals surface area contributed by atoms with E-state index < -0.39 is 12.5 Å². The van der Waals surface area contributed by atoms with Gasteiger partial charge in [0.1, 0.15) is 5.82 Å². The molecule has 3 heterocycles. The maximum absolute atomic E-state index is 13.4. The molecule has 3 aromatic rings. The van der Waals surface area contributed by atoms with Gasteiger partial charge in [0, 0.05) is 29.7 Å². The van der Waals surface area contributed by atoms with Crippen LogP contribution in [0.3, 0.4) is 0 Å². The predicted octanol–water partition coefficient (Wildman–Crippen LogP) is 4.09. The maximum Gasteiger partial charge on any atom is 0.267 e. The topological polar surface area (TPSA) is 78.1 Å². The van der Waals surface area contributed by atoms with Gasteiger partial charge in [-0.3, -0.25) is 9.59 Å². The minimum Gasteiger partial charge on any atom is -0.349 e. The number of benzene rings is 1. The number of aromatic amines is 1. The third-order valence-corrected chi connectivity index (χ3v) is 7.22. The molecule has 1 aliphatic heterocycles. The molecule has 0 radical (unpaired) electrons. The highest BCUT2D eigenvalue weighted by molar-refractivity contribution is 7.14. The molecule has 3 atom stereocenters. The van der Waals surface area contributed by atoms with E-state index in [0.717, 1.165) is 28.2 Å². The molecule has 31 heavy (non-hydrogen) atoms. The molecule has 1 unspecified atom stereocenters. The molecule has 2 amide bonds. The largest absolute Gasteiger partial charge is 0.349 e. The van der Waals surface area contributed by atoms with E-state index in [2.05, 4.69) is 15.3 Å². The first-order chi connectivity index (χ1) is 14.8. The predicted molar refractivity (Wildman–Crippen MR) is 113 cm³/mol. The van der Waals surface area contributed by atoms with Crippen molar-refractivity contribution in [3.8, 4) is 0 Å². The zero-order valence-electron chi connectivity index (χ0n) is 16.9. The molecule has 2 N–H and O–H groups in total. The summed E-state index contributed by atoms with van der Waals surface area (Å²) in [5.41, 5.74) is 1.85. The number of carbonyl (C=O) groups is 2. The minimum atomic E-state index is -2.81. The summed E-state index contributed by atoms with van der Waals surface area (Å²) in [4.78, 5) is 35.5. The summed E-state index contributed by atoms with van der Waals surface area (Å²) in [6.07, 6.45) is 0.451. The van der Waals surface area contributed by atoms with Crippen LogP contribution in [0.1, 0.15) is 52.1 Å². The van der Waals surface area contributed by atoms with Crippen molar-refractivity contribution in [2.45, 2.75) is 37.6 Å². The van der Waals surface area contributed by atoms with Gasteiger partial charge in [-0.1, -0.05) is 12.1 Å². The summed E-state index contributed by atoms with van der Waals surface area (Å²) in [6.45, 7) is 1.40. The third kappa shape index (κ3) is 3.94. The average Bonchev–Trinajstić information content (AvgIpc) is 3.07. The van der Waals surface area contributed by atoms with Crippen LogP contribution in [0.2, 0.25) is 0 Å². The van der Waals surface area contributed by atoms with Gasteiger partial charge in [0.15, 0.2) is 0 Å². The Bertz CT molecular complexity index is 1120. The highest BCUT2D eigenvalue weighted by Crippen LogP contribution is 2.47. The van der Waals surface area contributed by atoms with Crippen molar-refractivity contribution < 1.29 is 18.4 Å². The Morgan fingerprint density at radius 3 is 2.84 bits per heavy atom. The summed E-state index contributed by atoms with van der Waals surface area (Å²) in [5, 5.41) is 3.01. The van der Waals surface area contributed by atoms with Gasteiger partial charge in [-0.2, -0.15) is 0 Å². The van der Waals surface area contributed by atoms with E-state index in [9.17, 15) is 18.4 Å². The van der Waals surface area contributed by atoms with Crippen LogP contribution < -0.4 is 5.32 Å². The van der Waals surface area contributed by atoms with Crippen LogP contribution in [0.5, 0.6) is 0 Å². The highest BCUT2D eigenvalue weighted by Gasteiger charge is 2.46. The van der Waals surface area contributed by atoms with Crippen LogP contribution in [0, 0.1) is 5.92 Å². The first kappa shape index (κ1) is 20.1. The summed E-state index contributed by atoms with van der Waals surface area (Å²) >= 11 is 1.24. The Kier molecular flexibility index (Phi) is 4.80. The van der Waals surface area contributed by atoms with Crippen molar-refractivity contribution in [1.82, 2.24) is 20.2 Å². The van der Waals surface area contributed by atoms with Gasteiger partial charge in [-0.05, 0) is 37.6 Å². The van der Waals surface area contributed by atoms with Crippen molar-refractivity contribution in [3.05, 3.63) is 52.0 Å². The summed E-state index contributed by atoms with van der Waals surface area (Å²) in [6, 6.07) is 10.9. The number of aromatic nitrogens is 2. The Morgan fingerprint density at radius 2 is 2.10 bits per heavy atom. The van der Waals surface area contributed by atoms with Crippen LogP contribution in [-0.2, 0) is 4.79 Å². The number of nitrogens with one attached hydrogen (secondary N) is 2.